The molecule has 2 aromatic rings. The molecule has 0 amide bonds. The first-order valence-corrected chi connectivity index (χ1v) is 5.83. The van der Waals surface area contributed by atoms with Gasteiger partial charge in [-0.3, -0.25) is 4.68 Å². The average molecular weight is 229 g/mol. The van der Waals surface area contributed by atoms with Gasteiger partial charge in [0.25, 0.3) is 0 Å². The van der Waals surface area contributed by atoms with Crippen LogP contribution in [-0.2, 0) is 12.0 Å². The second-order valence-corrected chi connectivity index (χ2v) is 5.39. The van der Waals surface area contributed by atoms with E-state index in [1.54, 1.807) is 0 Å². The first-order chi connectivity index (χ1) is 7.95. The molecule has 3 heteroatoms. The SMILES string of the molecule is CC(C)(C)c1ccc(Cn2ccc(N)n2)cc1. The summed E-state index contributed by atoms with van der Waals surface area (Å²) in [6.45, 7) is 7.42. The van der Waals surface area contributed by atoms with Gasteiger partial charge in [-0.15, -0.1) is 0 Å². The van der Waals surface area contributed by atoms with E-state index in [2.05, 4.69) is 50.1 Å². The van der Waals surface area contributed by atoms with Crippen LogP contribution in [0.15, 0.2) is 36.5 Å². The molecule has 2 rings (SSSR count). The maximum Gasteiger partial charge on any atom is 0.145 e. The van der Waals surface area contributed by atoms with Crippen LogP contribution in [-0.4, -0.2) is 9.78 Å². The fourth-order valence-corrected chi connectivity index (χ4v) is 1.76. The van der Waals surface area contributed by atoms with Crippen molar-refractivity contribution in [2.24, 2.45) is 0 Å². The molecule has 0 aliphatic heterocycles. The Kier molecular flexibility index (Phi) is 2.92. The molecule has 2 N–H and O–H groups in total. The van der Waals surface area contributed by atoms with Gasteiger partial charge < -0.3 is 5.73 Å². The van der Waals surface area contributed by atoms with E-state index in [9.17, 15) is 0 Å². The Hall–Kier alpha value is -1.77. The first-order valence-electron chi connectivity index (χ1n) is 5.83. The Bertz CT molecular complexity index is 489. The maximum absolute atomic E-state index is 5.58. The van der Waals surface area contributed by atoms with Gasteiger partial charge >= 0.3 is 0 Å². The van der Waals surface area contributed by atoms with E-state index in [0.29, 0.717) is 5.82 Å². The van der Waals surface area contributed by atoms with Crippen molar-refractivity contribution >= 4 is 5.82 Å². The van der Waals surface area contributed by atoms with Crippen LogP contribution in [0, 0.1) is 0 Å². The third kappa shape index (κ3) is 2.87. The summed E-state index contributed by atoms with van der Waals surface area (Å²) in [7, 11) is 0. The fraction of sp³-hybridized carbons (Fsp3) is 0.357. The molecule has 0 aliphatic carbocycles. The van der Waals surface area contributed by atoms with Crippen LogP contribution in [0.4, 0.5) is 5.82 Å². The molecule has 3 nitrogen and oxygen atoms in total. The van der Waals surface area contributed by atoms with Crippen molar-refractivity contribution in [2.45, 2.75) is 32.7 Å². The second kappa shape index (κ2) is 4.24. The van der Waals surface area contributed by atoms with Crippen LogP contribution in [0.1, 0.15) is 31.9 Å². The zero-order valence-electron chi connectivity index (χ0n) is 10.6. The number of nitrogens with zero attached hydrogens (tertiary/aromatic N) is 2. The highest BCUT2D eigenvalue weighted by Crippen LogP contribution is 2.22. The third-order valence-corrected chi connectivity index (χ3v) is 2.83. The van der Waals surface area contributed by atoms with Gasteiger partial charge in [0, 0.05) is 6.20 Å². The van der Waals surface area contributed by atoms with Gasteiger partial charge in [0.2, 0.25) is 0 Å². The predicted octanol–water partition coefficient (Wildman–Crippen LogP) is 2.81. The van der Waals surface area contributed by atoms with E-state index < -0.39 is 0 Å². The molecule has 0 saturated heterocycles. The number of hydrogen-bond donors (Lipinski definition) is 1. The minimum absolute atomic E-state index is 0.203. The number of nitrogen functional groups attached to an aromatic ring is 1. The van der Waals surface area contributed by atoms with E-state index in [4.69, 9.17) is 5.73 Å². The molecule has 0 spiro atoms. The largest absolute Gasteiger partial charge is 0.382 e. The van der Waals surface area contributed by atoms with E-state index in [1.165, 1.54) is 11.1 Å². The maximum atomic E-state index is 5.58. The van der Waals surface area contributed by atoms with Gasteiger partial charge in [-0.25, -0.2) is 0 Å². The summed E-state index contributed by atoms with van der Waals surface area (Å²) in [6, 6.07) is 10.5. The first kappa shape index (κ1) is 11.7. The lowest BCUT2D eigenvalue weighted by Gasteiger charge is -2.19. The lowest BCUT2D eigenvalue weighted by Crippen LogP contribution is -2.11. The third-order valence-electron chi connectivity index (χ3n) is 2.83. The van der Waals surface area contributed by atoms with E-state index >= 15 is 0 Å². The number of benzene rings is 1. The molecular weight excluding hydrogens is 210 g/mol. The standard InChI is InChI=1S/C14H19N3/c1-14(2,3)12-6-4-11(5-7-12)10-17-9-8-13(15)16-17/h4-9H,10H2,1-3H3,(H2,15,16). The highest BCUT2D eigenvalue weighted by atomic mass is 15.3. The van der Waals surface area contributed by atoms with Gasteiger partial charge in [0.1, 0.15) is 5.82 Å². The molecule has 0 radical (unpaired) electrons. The Morgan fingerprint density at radius 2 is 1.76 bits per heavy atom. The molecule has 1 aromatic heterocycles. The van der Waals surface area contributed by atoms with Crippen LogP contribution in [0.2, 0.25) is 0 Å². The van der Waals surface area contributed by atoms with E-state index in [0.717, 1.165) is 6.54 Å². The normalized spacial score (nSPS) is 11.7. The Morgan fingerprint density at radius 1 is 1.12 bits per heavy atom. The molecule has 1 aromatic carbocycles. The van der Waals surface area contributed by atoms with Crippen molar-refractivity contribution in [1.82, 2.24) is 9.78 Å². The molecule has 90 valence electrons. The summed E-state index contributed by atoms with van der Waals surface area (Å²) in [6.07, 6.45) is 1.90. The molecule has 0 saturated carbocycles. The van der Waals surface area contributed by atoms with Gasteiger partial charge in [-0.1, -0.05) is 45.0 Å². The average Bonchev–Trinajstić information content (AvgIpc) is 2.63. The van der Waals surface area contributed by atoms with Crippen LogP contribution in [0.5, 0.6) is 0 Å². The monoisotopic (exact) mass is 229 g/mol. The molecule has 0 fully saturated rings. The molecule has 0 aliphatic rings. The molecule has 0 bridgehead atoms. The van der Waals surface area contributed by atoms with E-state index in [-0.39, 0.29) is 5.41 Å². The summed E-state index contributed by atoms with van der Waals surface area (Å²) < 4.78 is 1.85. The van der Waals surface area contributed by atoms with Crippen molar-refractivity contribution in [1.29, 1.82) is 0 Å². The Labute approximate surface area is 102 Å². The Balaban J connectivity index is 2.13. The van der Waals surface area contributed by atoms with E-state index in [1.807, 2.05) is 16.9 Å². The van der Waals surface area contributed by atoms with Crippen molar-refractivity contribution in [3.63, 3.8) is 0 Å². The number of aromatic nitrogens is 2. The van der Waals surface area contributed by atoms with Gasteiger partial charge in [0.05, 0.1) is 6.54 Å². The summed E-state index contributed by atoms with van der Waals surface area (Å²) in [4.78, 5) is 0. The summed E-state index contributed by atoms with van der Waals surface area (Å²) >= 11 is 0. The molecular formula is C14H19N3. The lowest BCUT2D eigenvalue weighted by molar-refractivity contribution is 0.589. The van der Waals surface area contributed by atoms with Crippen molar-refractivity contribution < 1.29 is 0 Å². The van der Waals surface area contributed by atoms with Crippen LogP contribution in [0.3, 0.4) is 0 Å². The van der Waals surface area contributed by atoms with Crippen LogP contribution < -0.4 is 5.73 Å². The van der Waals surface area contributed by atoms with Crippen molar-refractivity contribution in [2.75, 3.05) is 5.73 Å². The quantitative estimate of drug-likeness (QED) is 0.860. The Morgan fingerprint density at radius 3 is 2.24 bits per heavy atom. The number of anilines is 1. The molecule has 0 unspecified atom stereocenters. The highest BCUT2D eigenvalue weighted by Gasteiger charge is 2.12. The second-order valence-electron chi connectivity index (χ2n) is 5.39. The number of rotatable bonds is 2. The summed E-state index contributed by atoms with van der Waals surface area (Å²) in [5.41, 5.74) is 8.37. The summed E-state index contributed by atoms with van der Waals surface area (Å²) in [5.74, 6) is 0.566. The molecule has 0 atom stereocenters. The minimum Gasteiger partial charge on any atom is -0.382 e. The van der Waals surface area contributed by atoms with Gasteiger partial charge in [0.15, 0.2) is 0 Å². The topological polar surface area (TPSA) is 43.8 Å². The van der Waals surface area contributed by atoms with Crippen molar-refractivity contribution in [3.05, 3.63) is 47.7 Å². The summed E-state index contributed by atoms with van der Waals surface area (Å²) in [5, 5.41) is 4.17. The van der Waals surface area contributed by atoms with Crippen LogP contribution >= 0.6 is 0 Å². The molecule has 1 heterocycles. The number of nitrogens with two attached hydrogens (primary N) is 1. The van der Waals surface area contributed by atoms with Gasteiger partial charge in [-0.05, 0) is 22.6 Å². The zero-order valence-corrected chi connectivity index (χ0v) is 10.6. The predicted molar refractivity (Wildman–Crippen MR) is 70.9 cm³/mol. The van der Waals surface area contributed by atoms with Crippen molar-refractivity contribution in [3.8, 4) is 0 Å². The minimum atomic E-state index is 0.203. The fourth-order valence-electron chi connectivity index (χ4n) is 1.76. The zero-order chi connectivity index (χ0) is 12.5. The lowest BCUT2D eigenvalue weighted by atomic mass is 9.87. The molecule has 17 heavy (non-hydrogen) atoms. The van der Waals surface area contributed by atoms with Crippen LogP contribution in [0.25, 0.3) is 0 Å². The number of hydrogen-bond acceptors (Lipinski definition) is 2. The smallest absolute Gasteiger partial charge is 0.145 e. The highest BCUT2D eigenvalue weighted by molar-refractivity contribution is 5.28. The van der Waals surface area contributed by atoms with Gasteiger partial charge in [-0.2, -0.15) is 5.10 Å².